The van der Waals surface area contributed by atoms with Crippen molar-refractivity contribution in [3.63, 3.8) is 0 Å². The Kier molecular flexibility index (Phi) is 4.80. The van der Waals surface area contributed by atoms with Crippen molar-refractivity contribution in [2.24, 2.45) is 0 Å². The lowest BCUT2D eigenvalue weighted by Crippen LogP contribution is -2.14. The van der Waals surface area contributed by atoms with E-state index in [1.807, 2.05) is 39.0 Å². The normalized spacial score (nSPS) is 10.7. The molecule has 0 aliphatic heterocycles. The van der Waals surface area contributed by atoms with E-state index in [0.29, 0.717) is 5.89 Å². The van der Waals surface area contributed by atoms with Crippen molar-refractivity contribution < 1.29 is 13.9 Å². The van der Waals surface area contributed by atoms with Crippen molar-refractivity contribution in [3.05, 3.63) is 40.0 Å². The third-order valence-corrected chi connectivity index (χ3v) is 4.65. The zero-order chi connectivity index (χ0) is 18.0. The highest BCUT2D eigenvalue weighted by Gasteiger charge is 2.16. The third-order valence-electron chi connectivity index (χ3n) is 3.59. The fraction of sp³-hybridized carbons (Fsp3) is 0.294. The molecule has 8 heteroatoms. The van der Waals surface area contributed by atoms with Gasteiger partial charge in [0.05, 0.1) is 24.2 Å². The zero-order valence-corrected chi connectivity index (χ0v) is 15.2. The number of thiazole rings is 1. The van der Waals surface area contributed by atoms with Gasteiger partial charge in [-0.2, -0.15) is 0 Å². The molecule has 1 aromatic carbocycles. The molecule has 25 heavy (non-hydrogen) atoms. The van der Waals surface area contributed by atoms with Gasteiger partial charge < -0.3 is 9.15 Å². The first-order valence-corrected chi connectivity index (χ1v) is 8.49. The van der Waals surface area contributed by atoms with Crippen LogP contribution in [0.5, 0.6) is 5.75 Å². The molecule has 0 unspecified atom stereocenters. The maximum Gasteiger partial charge on any atom is 0.322 e. The van der Waals surface area contributed by atoms with E-state index in [1.54, 1.807) is 7.11 Å². The van der Waals surface area contributed by atoms with Gasteiger partial charge in [-0.15, -0.1) is 16.4 Å². The quantitative estimate of drug-likeness (QED) is 0.752. The van der Waals surface area contributed by atoms with Gasteiger partial charge in [0, 0.05) is 0 Å². The number of hydrogen-bond donors (Lipinski definition) is 1. The Labute approximate surface area is 149 Å². The standard InChI is InChI=1S/C17H18N4O3S/c1-9-7-12(5-6-13(9)23-4)8-14(22)19-17-21-20-16(24-17)15-10(2)18-11(3)25-15/h5-7H,8H2,1-4H3,(H,19,21,22). The molecular weight excluding hydrogens is 340 g/mol. The molecule has 0 spiro atoms. The summed E-state index contributed by atoms with van der Waals surface area (Å²) >= 11 is 1.48. The molecule has 0 aliphatic rings. The number of ether oxygens (including phenoxy) is 1. The molecule has 3 rings (SSSR count). The van der Waals surface area contributed by atoms with Crippen LogP contribution in [0, 0.1) is 20.8 Å². The summed E-state index contributed by atoms with van der Waals surface area (Å²) in [6, 6.07) is 5.70. The second-order valence-electron chi connectivity index (χ2n) is 5.59. The van der Waals surface area contributed by atoms with Crippen molar-refractivity contribution in [3.8, 4) is 16.5 Å². The minimum Gasteiger partial charge on any atom is -0.496 e. The van der Waals surface area contributed by atoms with Crippen LogP contribution in [0.3, 0.4) is 0 Å². The number of aromatic nitrogens is 3. The van der Waals surface area contributed by atoms with E-state index in [9.17, 15) is 4.79 Å². The lowest BCUT2D eigenvalue weighted by atomic mass is 10.1. The van der Waals surface area contributed by atoms with Gasteiger partial charge in [-0.1, -0.05) is 17.2 Å². The number of aryl methyl sites for hydroxylation is 3. The van der Waals surface area contributed by atoms with Gasteiger partial charge >= 0.3 is 6.01 Å². The van der Waals surface area contributed by atoms with Crippen molar-refractivity contribution in [1.29, 1.82) is 0 Å². The Hall–Kier alpha value is -2.74. The molecule has 130 valence electrons. The van der Waals surface area contributed by atoms with Gasteiger partial charge in [0.25, 0.3) is 5.89 Å². The van der Waals surface area contributed by atoms with Crippen LogP contribution in [0.25, 0.3) is 10.8 Å². The monoisotopic (exact) mass is 358 g/mol. The molecule has 0 saturated heterocycles. The summed E-state index contributed by atoms with van der Waals surface area (Å²) in [5.74, 6) is 0.927. The number of amides is 1. The van der Waals surface area contributed by atoms with E-state index in [-0.39, 0.29) is 18.3 Å². The number of anilines is 1. The molecular formula is C17H18N4O3S. The number of hydrogen-bond acceptors (Lipinski definition) is 7. The van der Waals surface area contributed by atoms with Crippen molar-refractivity contribution >= 4 is 23.3 Å². The van der Waals surface area contributed by atoms with Gasteiger partial charge in [0.15, 0.2) is 0 Å². The summed E-state index contributed by atoms with van der Waals surface area (Å²) in [7, 11) is 1.62. The van der Waals surface area contributed by atoms with Crippen LogP contribution in [0.2, 0.25) is 0 Å². The van der Waals surface area contributed by atoms with E-state index < -0.39 is 0 Å². The SMILES string of the molecule is COc1ccc(CC(=O)Nc2nnc(-c3sc(C)nc3C)o2)cc1C. The number of rotatable bonds is 5. The van der Waals surface area contributed by atoms with E-state index in [1.165, 1.54) is 11.3 Å². The predicted octanol–water partition coefficient (Wildman–Crippen LogP) is 3.31. The summed E-state index contributed by atoms with van der Waals surface area (Å²) in [5.41, 5.74) is 2.69. The molecule has 1 N–H and O–H groups in total. The van der Waals surface area contributed by atoms with Crippen molar-refractivity contribution in [2.75, 3.05) is 12.4 Å². The van der Waals surface area contributed by atoms with E-state index >= 15 is 0 Å². The van der Waals surface area contributed by atoms with Gasteiger partial charge in [-0.3, -0.25) is 10.1 Å². The van der Waals surface area contributed by atoms with E-state index in [2.05, 4.69) is 20.5 Å². The smallest absolute Gasteiger partial charge is 0.322 e. The molecule has 0 fully saturated rings. The molecule has 7 nitrogen and oxygen atoms in total. The lowest BCUT2D eigenvalue weighted by Gasteiger charge is -2.06. The average molecular weight is 358 g/mol. The minimum absolute atomic E-state index is 0.0793. The summed E-state index contributed by atoms with van der Waals surface area (Å²) in [4.78, 5) is 17.3. The molecule has 0 saturated carbocycles. The molecule has 0 aliphatic carbocycles. The number of nitrogens with zero attached hydrogens (tertiary/aromatic N) is 3. The summed E-state index contributed by atoms with van der Waals surface area (Å²) in [6.45, 7) is 5.73. The number of methoxy groups -OCH3 is 1. The fourth-order valence-electron chi connectivity index (χ4n) is 2.49. The van der Waals surface area contributed by atoms with Crippen LogP contribution >= 0.6 is 11.3 Å². The van der Waals surface area contributed by atoms with Gasteiger partial charge in [-0.05, 0) is 38.0 Å². The lowest BCUT2D eigenvalue weighted by molar-refractivity contribution is -0.115. The van der Waals surface area contributed by atoms with Gasteiger partial charge in [0.2, 0.25) is 5.91 Å². The third kappa shape index (κ3) is 3.85. The van der Waals surface area contributed by atoms with Crippen molar-refractivity contribution in [1.82, 2.24) is 15.2 Å². The first-order chi connectivity index (χ1) is 12.0. The summed E-state index contributed by atoms with van der Waals surface area (Å²) in [6.07, 6.45) is 0.210. The highest BCUT2D eigenvalue weighted by Crippen LogP contribution is 2.29. The zero-order valence-electron chi connectivity index (χ0n) is 14.4. The Morgan fingerprint density at radius 3 is 2.72 bits per heavy atom. The molecule has 2 aromatic heterocycles. The molecule has 1 amide bonds. The van der Waals surface area contributed by atoms with Crippen LogP contribution in [0.1, 0.15) is 21.8 Å². The van der Waals surface area contributed by atoms with Crippen LogP contribution in [0.15, 0.2) is 22.6 Å². The maximum atomic E-state index is 12.2. The van der Waals surface area contributed by atoms with Crippen LogP contribution in [0.4, 0.5) is 6.01 Å². The maximum absolute atomic E-state index is 12.2. The highest BCUT2D eigenvalue weighted by molar-refractivity contribution is 7.15. The molecule has 2 heterocycles. The van der Waals surface area contributed by atoms with Crippen LogP contribution in [-0.2, 0) is 11.2 Å². The van der Waals surface area contributed by atoms with E-state index in [0.717, 1.165) is 32.5 Å². The molecule has 0 atom stereocenters. The van der Waals surface area contributed by atoms with Crippen LogP contribution < -0.4 is 10.1 Å². The number of carbonyl (C=O) groups is 1. The average Bonchev–Trinajstić information content (AvgIpc) is 3.13. The second kappa shape index (κ2) is 7.02. The first-order valence-electron chi connectivity index (χ1n) is 7.67. The molecule has 0 radical (unpaired) electrons. The molecule has 0 bridgehead atoms. The Balaban J connectivity index is 1.67. The number of nitrogens with one attached hydrogen (secondary N) is 1. The second-order valence-corrected chi connectivity index (χ2v) is 6.79. The summed E-state index contributed by atoms with van der Waals surface area (Å²) < 4.78 is 10.7. The van der Waals surface area contributed by atoms with Gasteiger partial charge in [-0.25, -0.2) is 4.98 Å². The minimum atomic E-state index is -0.225. The predicted molar refractivity (Wildman–Crippen MR) is 94.9 cm³/mol. The van der Waals surface area contributed by atoms with Crippen molar-refractivity contribution in [2.45, 2.75) is 27.2 Å². The number of benzene rings is 1. The summed E-state index contributed by atoms with van der Waals surface area (Å²) in [5, 5.41) is 11.4. The molecule has 3 aromatic rings. The van der Waals surface area contributed by atoms with Crippen LogP contribution in [-0.4, -0.2) is 28.2 Å². The Bertz CT molecular complexity index is 917. The Morgan fingerprint density at radius 1 is 1.28 bits per heavy atom. The number of carbonyl (C=O) groups excluding carboxylic acids is 1. The highest BCUT2D eigenvalue weighted by atomic mass is 32.1. The Morgan fingerprint density at radius 2 is 2.08 bits per heavy atom. The van der Waals surface area contributed by atoms with Gasteiger partial charge in [0.1, 0.15) is 10.6 Å². The fourth-order valence-corrected chi connectivity index (χ4v) is 3.34. The topological polar surface area (TPSA) is 90.1 Å². The van der Waals surface area contributed by atoms with E-state index in [4.69, 9.17) is 9.15 Å². The first kappa shape index (κ1) is 17.1. The largest absolute Gasteiger partial charge is 0.496 e.